The predicted molar refractivity (Wildman–Crippen MR) is 60.5 cm³/mol. The zero-order chi connectivity index (χ0) is 14.1. The fraction of sp³-hybridized carbons (Fsp3) is 0.300. The largest absolute Gasteiger partial charge is 0.417 e. The molecule has 1 aromatic rings. The molecule has 100 valence electrons. The number of carbonyl (C=O) groups is 1. The van der Waals surface area contributed by atoms with Gasteiger partial charge < -0.3 is 0 Å². The standard InChI is InChI=1S/C10H8ClF3O3S/c1-18(16,17)5-9(15)6-2-3-8(11)7(4-6)10(12,13)14/h2-4H,5H2,1H3. The summed E-state index contributed by atoms with van der Waals surface area (Å²) in [5.41, 5.74) is -1.50. The second-order valence-corrected chi connectivity index (χ2v) is 6.23. The first-order chi connectivity index (χ1) is 8.00. The van der Waals surface area contributed by atoms with Crippen LogP contribution >= 0.6 is 11.6 Å². The van der Waals surface area contributed by atoms with Crippen LogP contribution in [0.25, 0.3) is 0 Å². The predicted octanol–water partition coefficient (Wildman–Crippen LogP) is 2.59. The lowest BCUT2D eigenvalue weighted by Gasteiger charge is -2.10. The van der Waals surface area contributed by atoms with Crippen molar-refractivity contribution in [1.29, 1.82) is 0 Å². The molecule has 0 spiro atoms. The molecule has 0 saturated carbocycles. The van der Waals surface area contributed by atoms with Crippen LogP contribution in [0.15, 0.2) is 18.2 Å². The number of carbonyl (C=O) groups excluding carboxylic acids is 1. The zero-order valence-electron chi connectivity index (χ0n) is 9.08. The normalized spacial score (nSPS) is 12.5. The van der Waals surface area contributed by atoms with E-state index in [1.807, 2.05) is 0 Å². The zero-order valence-corrected chi connectivity index (χ0v) is 10.7. The van der Waals surface area contributed by atoms with Crippen LogP contribution in [0.2, 0.25) is 5.02 Å². The Hall–Kier alpha value is -1.08. The van der Waals surface area contributed by atoms with Gasteiger partial charge in [0.1, 0.15) is 5.75 Å². The number of alkyl halides is 3. The van der Waals surface area contributed by atoms with Crippen molar-refractivity contribution >= 4 is 27.2 Å². The summed E-state index contributed by atoms with van der Waals surface area (Å²) in [6, 6.07) is 2.53. The Morgan fingerprint density at radius 2 is 1.89 bits per heavy atom. The number of rotatable bonds is 3. The third kappa shape index (κ3) is 3.99. The Morgan fingerprint density at radius 3 is 2.33 bits per heavy atom. The highest BCUT2D eigenvalue weighted by atomic mass is 35.5. The Bertz CT molecular complexity index is 579. The molecule has 1 aromatic carbocycles. The Balaban J connectivity index is 3.18. The smallest absolute Gasteiger partial charge is 0.293 e. The molecule has 8 heteroatoms. The van der Waals surface area contributed by atoms with Crippen LogP contribution in [0, 0.1) is 0 Å². The number of hydrogen-bond donors (Lipinski definition) is 0. The van der Waals surface area contributed by atoms with Gasteiger partial charge in [-0.3, -0.25) is 4.79 Å². The fourth-order valence-corrected chi connectivity index (χ4v) is 2.11. The van der Waals surface area contributed by atoms with Crippen LogP contribution in [-0.4, -0.2) is 26.2 Å². The van der Waals surface area contributed by atoms with E-state index in [0.29, 0.717) is 6.07 Å². The summed E-state index contributed by atoms with van der Waals surface area (Å²) in [6.45, 7) is 0. The second-order valence-electron chi connectivity index (χ2n) is 3.69. The molecular formula is C10H8ClF3O3S. The highest BCUT2D eigenvalue weighted by molar-refractivity contribution is 7.91. The molecule has 0 fully saturated rings. The molecule has 0 N–H and O–H groups in total. The quantitative estimate of drug-likeness (QED) is 0.806. The van der Waals surface area contributed by atoms with Gasteiger partial charge in [-0.05, 0) is 18.2 Å². The van der Waals surface area contributed by atoms with Crippen molar-refractivity contribution in [2.75, 3.05) is 12.0 Å². The molecule has 0 unspecified atom stereocenters. The molecule has 0 aliphatic heterocycles. The maximum Gasteiger partial charge on any atom is 0.417 e. The molecule has 0 amide bonds. The molecule has 0 saturated heterocycles. The molecule has 0 atom stereocenters. The molecule has 1 rings (SSSR count). The van der Waals surface area contributed by atoms with Gasteiger partial charge in [0.05, 0.1) is 10.6 Å². The SMILES string of the molecule is CS(=O)(=O)CC(=O)c1ccc(Cl)c(C(F)(F)F)c1. The van der Waals surface area contributed by atoms with Crippen molar-refractivity contribution in [1.82, 2.24) is 0 Å². The van der Waals surface area contributed by atoms with Crippen LogP contribution in [-0.2, 0) is 16.0 Å². The average Bonchev–Trinajstić information content (AvgIpc) is 2.13. The van der Waals surface area contributed by atoms with E-state index < -0.39 is 38.1 Å². The first-order valence-corrected chi connectivity index (χ1v) is 7.02. The van der Waals surface area contributed by atoms with Crippen molar-refractivity contribution in [2.45, 2.75) is 6.18 Å². The van der Waals surface area contributed by atoms with Crippen molar-refractivity contribution in [2.24, 2.45) is 0 Å². The van der Waals surface area contributed by atoms with E-state index in [1.165, 1.54) is 0 Å². The molecular weight excluding hydrogens is 293 g/mol. The molecule has 0 radical (unpaired) electrons. The summed E-state index contributed by atoms with van der Waals surface area (Å²) < 4.78 is 59.3. The summed E-state index contributed by atoms with van der Waals surface area (Å²) in [4.78, 5) is 11.5. The van der Waals surface area contributed by atoms with E-state index in [0.717, 1.165) is 18.4 Å². The van der Waals surface area contributed by atoms with Crippen LogP contribution in [0.4, 0.5) is 13.2 Å². The molecule has 18 heavy (non-hydrogen) atoms. The lowest BCUT2D eigenvalue weighted by atomic mass is 10.1. The second kappa shape index (κ2) is 4.89. The summed E-state index contributed by atoms with van der Waals surface area (Å²) in [5, 5.41) is -0.543. The van der Waals surface area contributed by atoms with Gasteiger partial charge in [0.15, 0.2) is 15.6 Å². The first-order valence-electron chi connectivity index (χ1n) is 4.58. The van der Waals surface area contributed by atoms with Gasteiger partial charge in [0, 0.05) is 11.8 Å². The molecule has 0 heterocycles. The van der Waals surface area contributed by atoms with Gasteiger partial charge in [-0.15, -0.1) is 0 Å². The van der Waals surface area contributed by atoms with Gasteiger partial charge >= 0.3 is 6.18 Å². The number of halogens is 4. The van der Waals surface area contributed by atoms with Gasteiger partial charge in [-0.1, -0.05) is 11.6 Å². The van der Waals surface area contributed by atoms with Crippen molar-refractivity contribution in [3.05, 3.63) is 34.3 Å². The van der Waals surface area contributed by atoms with E-state index in [4.69, 9.17) is 11.6 Å². The molecule has 0 bridgehead atoms. The van der Waals surface area contributed by atoms with Crippen LogP contribution in [0.5, 0.6) is 0 Å². The Labute approximate surface area is 106 Å². The molecule has 0 aliphatic carbocycles. The molecule has 3 nitrogen and oxygen atoms in total. The average molecular weight is 301 g/mol. The van der Waals surface area contributed by atoms with Gasteiger partial charge in [0.2, 0.25) is 0 Å². The minimum Gasteiger partial charge on any atom is -0.293 e. The van der Waals surface area contributed by atoms with Crippen LogP contribution in [0.1, 0.15) is 15.9 Å². The van der Waals surface area contributed by atoms with Crippen LogP contribution in [0.3, 0.4) is 0 Å². The van der Waals surface area contributed by atoms with E-state index in [9.17, 15) is 26.4 Å². The van der Waals surface area contributed by atoms with E-state index in [1.54, 1.807) is 0 Å². The van der Waals surface area contributed by atoms with Crippen molar-refractivity contribution in [3.8, 4) is 0 Å². The summed E-state index contributed by atoms with van der Waals surface area (Å²) in [6.07, 6.45) is -3.87. The molecule has 0 aromatic heterocycles. The number of Topliss-reactive ketones (excluding diaryl/α,β-unsaturated/α-hetero) is 1. The minimum atomic E-state index is -4.70. The summed E-state index contributed by atoms with van der Waals surface area (Å²) in [5.74, 6) is -1.74. The van der Waals surface area contributed by atoms with E-state index >= 15 is 0 Å². The van der Waals surface area contributed by atoms with Crippen LogP contribution < -0.4 is 0 Å². The number of hydrogen-bond acceptors (Lipinski definition) is 3. The van der Waals surface area contributed by atoms with Crippen molar-refractivity contribution < 1.29 is 26.4 Å². The highest BCUT2D eigenvalue weighted by Crippen LogP contribution is 2.35. The topological polar surface area (TPSA) is 51.2 Å². The van der Waals surface area contributed by atoms with Gasteiger partial charge in [-0.2, -0.15) is 13.2 Å². The highest BCUT2D eigenvalue weighted by Gasteiger charge is 2.33. The minimum absolute atomic E-state index is 0.336. The maximum atomic E-state index is 12.5. The first kappa shape index (κ1) is 15.0. The monoisotopic (exact) mass is 300 g/mol. The summed E-state index contributed by atoms with van der Waals surface area (Å²) in [7, 11) is -3.59. The third-order valence-electron chi connectivity index (χ3n) is 1.99. The van der Waals surface area contributed by atoms with Gasteiger partial charge in [-0.25, -0.2) is 8.42 Å². The number of benzene rings is 1. The number of sulfone groups is 1. The Morgan fingerprint density at radius 1 is 1.33 bits per heavy atom. The third-order valence-corrected chi connectivity index (χ3v) is 3.10. The van der Waals surface area contributed by atoms with Gasteiger partial charge in [0.25, 0.3) is 0 Å². The fourth-order valence-electron chi connectivity index (χ4n) is 1.24. The van der Waals surface area contributed by atoms with E-state index in [2.05, 4.69) is 0 Å². The van der Waals surface area contributed by atoms with Crippen molar-refractivity contribution in [3.63, 3.8) is 0 Å². The maximum absolute atomic E-state index is 12.5. The van der Waals surface area contributed by atoms with E-state index in [-0.39, 0.29) is 5.56 Å². The number of ketones is 1. The Kier molecular flexibility index (Phi) is 4.07. The molecule has 0 aliphatic rings. The lowest BCUT2D eigenvalue weighted by Crippen LogP contribution is -2.16. The lowest BCUT2D eigenvalue weighted by molar-refractivity contribution is -0.137. The summed E-state index contributed by atoms with van der Waals surface area (Å²) >= 11 is 5.37.